The van der Waals surface area contributed by atoms with Gasteiger partial charge in [-0.3, -0.25) is 0 Å². The van der Waals surface area contributed by atoms with Crippen LogP contribution in [0.15, 0.2) is 58.2 Å². The second kappa shape index (κ2) is 4.71. The van der Waals surface area contributed by atoms with Gasteiger partial charge in [0.15, 0.2) is 15.5 Å². The summed E-state index contributed by atoms with van der Waals surface area (Å²) in [6, 6.07) is 10.6. The topological polar surface area (TPSA) is 51.4 Å². The van der Waals surface area contributed by atoms with Crippen LogP contribution in [0.1, 0.15) is 0 Å². The minimum Gasteiger partial charge on any atom is -0.306 e. The van der Waals surface area contributed by atoms with Crippen LogP contribution in [0.4, 0.5) is 0 Å². The molecule has 6 heteroatoms. The molecule has 3 aromatic rings. The van der Waals surface area contributed by atoms with Crippen LogP contribution in [0.5, 0.6) is 0 Å². The smallest absolute Gasteiger partial charge is 0.175 e. The van der Waals surface area contributed by atoms with E-state index in [0.717, 1.165) is 21.4 Å². The van der Waals surface area contributed by atoms with E-state index in [1.807, 2.05) is 28.9 Å². The molecule has 0 aliphatic heterocycles. The summed E-state index contributed by atoms with van der Waals surface area (Å²) >= 11 is 3.46. The first-order valence-corrected chi connectivity index (χ1v) is 8.57. The van der Waals surface area contributed by atoms with E-state index in [9.17, 15) is 8.42 Å². The minimum atomic E-state index is -3.17. The molecule has 102 valence electrons. The molecule has 0 saturated heterocycles. The predicted octanol–water partition coefficient (Wildman–Crippen LogP) is 3.17. The quantitative estimate of drug-likeness (QED) is 0.713. The van der Waals surface area contributed by atoms with Gasteiger partial charge < -0.3 is 4.40 Å². The molecule has 0 amide bonds. The van der Waals surface area contributed by atoms with E-state index in [-0.39, 0.29) is 0 Å². The Bertz CT molecular complexity index is 883. The molecule has 0 saturated carbocycles. The Balaban J connectivity index is 2.09. The number of rotatable bonds is 2. The lowest BCUT2D eigenvalue weighted by Crippen LogP contribution is -1.96. The van der Waals surface area contributed by atoms with Crippen molar-refractivity contribution in [2.24, 2.45) is 0 Å². The predicted molar refractivity (Wildman–Crippen MR) is 81.4 cm³/mol. The maximum Gasteiger partial charge on any atom is 0.175 e. The highest BCUT2D eigenvalue weighted by molar-refractivity contribution is 9.10. The molecule has 0 fully saturated rings. The van der Waals surface area contributed by atoms with Crippen LogP contribution in [0.3, 0.4) is 0 Å². The molecule has 0 aliphatic carbocycles. The summed E-state index contributed by atoms with van der Waals surface area (Å²) in [7, 11) is -3.17. The number of aromatic nitrogens is 2. The Morgan fingerprint density at radius 3 is 2.45 bits per heavy atom. The Labute approximate surface area is 125 Å². The van der Waals surface area contributed by atoms with Crippen LogP contribution in [0, 0.1) is 0 Å². The van der Waals surface area contributed by atoms with Crippen molar-refractivity contribution >= 4 is 31.4 Å². The lowest BCUT2D eigenvalue weighted by Gasteiger charge is -1.99. The highest BCUT2D eigenvalue weighted by Gasteiger charge is 2.09. The van der Waals surface area contributed by atoms with Crippen molar-refractivity contribution in [3.8, 4) is 11.3 Å². The fraction of sp³-hybridized carbons (Fsp3) is 0.0714. The number of hydrogen-bond acceptors (Lipinski definition) is 3. The highest BCUT2D eigenvalue weighted by Crippen LogP contribution is 2.24. The highest BCUT2D eigenvalue weighted by atomic mass is 79.9. The van der Waals surface area contributed by atoms with Crippen LogP contribution >= 0.6 is 15.9 Å². The van der Waals surface area contributed by atoms with Crippen LogP contribution < -0.4 is 0 Å². The molecule has 0 unspecified atom stereocenters. The standard InChI is InChI=1S/C14H11BrN2O2S/c1-20(18,19)11-6-4-10(5-7-11)13-9-17-8-2-3-12(15)14(17)16-13/h2-9H,1H3. The lowest BCUT2D eigenvalue weighted by molar-refractivity contribution is 0.602. The maximum absolute atomic E-state index is 11.4. The van der Waals surface area contributed by atoms with Gasteiger partial charge in [0.05, 0.1) is 15.1 Å². The first-order valence-electron chi connectivity index (χ1n) is 5.89. The van der Waals surface area contributed by atoms with Crippen LogP contribution in [-0.4, -0.2) is 24.1 Å². The van der Waals surface area contributed by atoms with Crippen molar-refractivity contribution < 1.29 is 8.42 Å². The van der Waals surface area contributed by atoms with Crippen molar-refractivity contribution in [3.63, 3.8) is 0 Å². The molecule has 4 nitrogen and oxygen atoms in total. The number of halogens is 1. The first-order chi connectivity index (χ1) is 9.45. The molecule has 20 heavy (non-hydrogen) atoms. The van der Waals surface area contributed by atoms with Gasteiger partial charge in [0.25, 0.3) is 0 Å². The van der Waals surface area contributed by atoms with Crippen molar-refractivity contribution in [2.45, 2.75) is 4.90 Å². The Hall–Kier alpha value is -1.66. The van der Waals surface area contributed by atoms with Gasteiger partial charge in [0.2, 0.25) is 0 Å². The summed E-state index contributed by atoms with van der Waals surface area (Å²) < 4.78 is 25.7. The van der Waals surface area contributed by atoms with Crippen molar-refractivity contribution in [3.05, 3.63) is 53.3 Å². The molecule has 0 aliphatic rings. The summed E-state index contributed by atoms with van der Waals surface area (Å²) in [6.45, 7) is 0. The van der Waals surface area contributed by atoms with Crippen molar-refractivity contribution in [2.75, 3.05) is 6.26 Å². The molecule has 1 aromatic carbocycles. The molecule has 0 radical (unpaired) electrons. The second-order valence-corrected chi connectivity index (χ2v) is 7.38. The number of imidazole rings is 1. The van der Waals surface area contributed by atoms with E-state index in [0.29, 0.717) is 4.90 Å². The molecule has 3 rings (SSSR count). The van der Waals surface area contributed by atoms with E-state index in [1.54, 1.807) is 24.3 Å². The van der Waals surface area contributed by atoms with Crippen molar-refractivity contribution in [1.82, 2.24) is 9.38 Å². The normalized spacial score (nSPS) is 11.9. The minimum absolute atomic E-state index is 0.311. The number of nitrogens with zero attached hydrogens (tertiary/aromatic N) is 2. The monoisotopic (exact) mass is 350 g/mol. The van der Waals surface area contributed by atoms with Gasteiger partial charge >= 0.3 is 0 Å². The van der Waals surface area contributed by atoms with Gasteiger partial charge in [0, 0.05) is 24.2 Å². The maximum atomic E-state index is 11.4. The fourth-order valence-corrected chi connectivity index (χ4v) is 3.07. The summed E-state index contributed by atoms with van der Waals surface area (Å²) in [5.41, 5.74) is 2.51. The molecule has 0 spiro atoms. The summed E-state index contributed by atoms with van der Waals surface area (Å²) in [5.74, 6) is 0. The summed E-state index contributed by atoms with van der Waals surface area (Å²) in [5, 5.41) is 0. The van der Waals surface area contributed by atoms with E-state index in [4.69, 9.17) is 0 Å². The van der Waals surface area contributed by atoms with Crippen LogP contribution in [-0.2, 0) is 9.84 Å². The van der Waals surface area contributed by atoms with Crippen molar-refractivity contribution in [1.29, 1.82) is 0 Å². The van der Waals surface area contributed by atoms with Gasteiger partial charge in [-0.25, -0.2) is 13.4 Å². The van der Waals surface area contributed by atoms with E-state index in [1.165, 1.54) is 6.26 Å². The zero-order valence-electron chi connectivity index (χ0n) is 10.6. The van der Waals surface area contributed by atoms with E-state index in [2.05, 4.69) is 20.9 Å². The average molecular weight is 351 g/mol. The zero-order chi connectivity index (χ0) is 14.3. The SMILES string of the molecule is CS(=O)(=O)c1ccc(-c2cn3cccc(Br)c3n2)cc1. The third kappa shape index (κ3) is 2.36. The lowest BCUT2D eigenvalue weighted by atomic mass is 10.2. The van der Waals surface area contributed by atoms with E-state index >= 15 is 0 Å². The summed E-state index contributed by atoms with van der Waals surface area (Å²) in [4.78, 5) is 4.85. The Morgan fingerprint density at radius 1 is 1.15 bits per heavy atom. The molecule has 2 aromatic heterocycles. The molecular weight excluding hydrogens is 340 g/mol. The molecule has 0 atom stereocenters. The Morgan fingerprint density at radius 2 is 1.85 bits per heavy atom. The van der Waals surface area contributed by atoms with Crippen LogP contribution in [0.25, 0.3) is 16.9 Å². The van der Waals surface area contributed by atoms with Gasteiger partial charge in [-0.15, -0.1) is 0 Å². The average Bonchev–Trinajstić information content (AvgIpc) is 2.83. The number of fused-ring (bicyclic) bond motifs is 1. The number of benzene rings is 1. The first kappa shape index (κ1) is 13.3. The molecule has 0 bridgehead atoms. The van der Waals surface area contributed by atoms with Gasteiger partial charge in [0.1, 0.15) is 0 Å². The van der Waals surface area contributed by atoms with E-state index < -0.39 is 9.84 Å². The zero-order valence-corrected chi connectivity index (χ0v) is 13.0. The second-order valence-electron chi connectivity index (χ2n) is 4.51. The Kier molecular flexibility index (Phi) is 3.14. The largest absolute Gasteiger partial charge is 0.306 e. The molecular formula is C14H11BrN2O2S. The summed E-state index contributed by atoms with van der Waals surface area (Å²) in [6.07, 6.45) is 5.03. The number of pyridine rings is 1. The molecule has 0 N–H and O–H groups in total. The molecule has 2 heterocycles. The van der Waals surface area contributed by atoms with Gasteiger partial charge in [-0.1, -0.05) is 12.1 Å². The third-order valence-corrected chi connectivity index (χ3v) is 4.76. The van der Waals surface area contributed by atoms with Crippen LogP contribution in [0.2, 0.25) is 0 Å². The number of sulfone groups is 1. The number of hydrogen-bond donors (Lipinski definition) is 0. The fourth-order valence-electron chi connectivity index (χ4n) is 1.99. The third-order valence-electron chi connectivity index (χ3n) is 3.01. The van der Waals surface area contributed by atoms with Gasteiger partial charge in [-0.2, -0.15) is 0 Å². The van der Waals surface area contributed by atoms with Gasteiger partial charge in [-0.05, 0) is 40.2 Å².